The number of aliphatic imine (C=N–C) groups is 1. The third kappa shape index (κ3) is 5.34. The largest absolute Gasteiger partial charge is 0.492 e. The standard InChI is InChI=1S/C19H30N4O2/c1-2-20-19(21-9-13-25-18-6-4-3-5-7-18)23-10-8-17(16-23)22-11-14-24-15-12-22/h3-7,17H,2,8-16H2,1H3,(H,20,21). The van der Waals surface area contributed by atoms with Crippen molar-refractivity contribution in [2.75, 3.05) is 59.1 Å². The zero-order valence-electron chi connectivity index (χ0n) is 15.2. The van der Waals surface area contributed by atoms with E-state index in [0.717, 1.165) is 57.6 Å². The van der Waals surface area contributed by atoms with Crippen LogP contribution < -0.4 is 10.1 Å². The predicted molar refractivity (Wildman–Crippen MR) is 100 cm³/mol. The van der Waals surface area contributed by atoms with Crippen LogP contribution in [0.5, 0.6) is 5.75 Å². The van der Waals surface area contributed by atoms with Crippen molar-refractivity contribution in [1.29, 1.82) is 0 Å². The van der Waals surface area contributed by atoms with Gasteiger partial charge in [0.2, 0.25) is 0 Å². The fourth-order valence-corrected chi connectivity index (χ4v) is 3.43. The number of para-hydroxylation sites is 1. The zero-order valence-corrected chi connectivity index (χ0v) is 15.2. The molecule has 3 rings (SSSR count). The van der Waals surface area contributed by atoms with E-state index in [1.807, 2.05) is 30.3 Å². The third-order valence-corrected chi connectivity index (χ3v) is 4.72. The summed E-state index contributed by atoms with van der Waals surface area (Å²) in [6, 6.07) is 10.5. The van der Waals surface area contributed by atoms with Crippen molar-refractivity contribution >= 4 is 5.96 Å². The number of benzene rings is 1. The Labute approximate surface area is 150 Å². The van der Waals surface area contributed by atoms with Crippen molar-refractivity contribution in [2.24, 2.45) is 4.99 Å². The lowest BCUT2D eigenvalue weighted by atomic mass is 10.2. The van der Waals surface area contributed by atoms with E-state index >= 15 is 0 Å². The number of hydrogen-bond donors (Lipinski definition) is 1. The van der Waals surface area contributed by atoms with Crippen LogP contribution in [0.15, 0.2) is 35.3 Å². The molecular weight excluding hydrogens is 316 g/mol. The first-order valence-electron chi connectivity index (χ1n) is 9.39. The Kier molecular flexibility index (Phi) is 6.94. The van der Waals surface area contributed by atoms with Gasteiger partial charge in [0.25, 0.3) is 0 Å². The lowest BCUT2D eigenvalue weighted by Gasteiger charge is -2.32. The number of rotatable bonds is 6. The van der Waals surface area contributed by atoms with Gasteiger partial charge in [-0.15, -0.1) is 0 Å². The van der Waals surface area contributed by atoms with Gasteiger partial charge in [-0.2, -0.15) is 0 Å². The Hall–Kier alpha value is -1.79. The summed E-state index contributed by atoms with van der Waals surface area (Å²) < 4.78 is 11.2. The summed E-state index contributed by atoms with van der Waals surface area (Å²) >= 11 is 0. The molecule has 6 nitrogen and oxygen atoms in total. The third-order valence-electron chi connectivity index (χ3n) is 4.72. The van der Waals surface area contributed by atoms with Crippen LogP contribution in [0, 0.1) is 0 Å². The number of guanidine groups is 1. The van der Waals surface area contributed by atoms with Crippen LogP contribution in [0.2, 0.25) is 0 Å². The molecule has 1 N–H and O–H groups in total. The molecule has 1 aromatic carbocycles. The molecule has 2 heterocycles. The van der Waals surface area contributed by atoms with Gasteiger partial charge in [0.15, 0.2) is 5.96 Å². The molecule has 1 unspecified atom stereocenters. The summed E-state index contributed by atoms with van der Waals surface area (Å²) in [7, 11) is 0. The van der Waals surface area contributed by atoms with Gasteiger partial charge in [-0.1, -0.05) is 18.2 Å². The molecule has 2 saturated heterocycles. The highest BCUT2D eigenvalue weighted by Gasteiger charge is 2.30. The van der Waals surface area contributed by atoms with Gasteiger partial charge in [-0.3, -0.25) is 4.90 Å². The second-order valence-electron chi connectivity index (χ2n) is 6.43. The van der Waals surface area contributed by atoms with Crippen LogP contribution in [0.1, 0.15) is 13.3 Å². The smallest absolute Gasteiger partial charge is 0.194 e. The van der Waals surface area contributed by atoms with E-state index in [1.165, 1.54) is 6.42 Å². The van der Waals surface area contributed by atoms with Gasteiger partial charge in [0, 0.05) is 38.8 Å². The topological polar surface area (TPSA) is 49.3 Å². The van der Waals surface area contributed by atoms with Gasteiger partial charge < -0.3 is 19.7 Å². The van der Waals surface area contributed by atoms with Gasteiger partial charge in [0.1, 0.15) is 12.4 Å². The molecule has 138 valence electrons. The van der Waals surface area contributed by atoms with Gasteiger partial charge in [0.05, 0.1) is 19.8 Å². The normalized spacial score (nSPS) is 22.2. The van der Waals surface area contributed by atoms with Gasteiger partial charge >= 0.3 is 0 Å². The van der Waals surface area contributed by atoms with E-state index in [4.69, 9.17) is 14.5 Å². The Morgan fingerprint density at radius 2 is 2.04 bits per heavy atom. The van der Waals surface area contributed by atoms with Crippen LogP contribution >= 0.6 is 0 Å². The van der Waals surface area contributed by atoms with Crippen molar-refractivity contribution in [3.63, 3.8) is 0 Å². The average Bonchev–Trinajstić information content (AvgIpc) is 3.16. The van der Waals surface area contributed by atoms with E-state index in [-0.39, 0.29) is 0 Å². The molecule has 0 bridgehead atoms. The first-order chi connectivity index (χ1) is 12.4. The highest BCUT2D eigenvalue weighted by atomic mass is 16.5. The molecule has 0 saturated carbocycles. The minimum absolute atomic E-state index is 0.597. The number of morpholine rings is 1. The number of nitrogens with one attached hydrogen (secondary N) is 1. The lowest BCUT2D eigenvalue weighted by molar-refractivity contribution is 0.0195. The summed E-state index contributed by atoms with van der Waals surface area (Å²) in [6.07, 6.45) is 1.20. The number of ether oxygens (including phenoxy) is 2. The Balaban J connectivity index is 1.48. The first-order valence-corrected chi connectivity index (χ1v) is 9.39. The Bertz CT molecular complexity index is 531. The fourth-order valence-electron chi connectivity index (χ4n) is 3.43. The number of likely N-dealkylation sites (tertiary alicyclic amines) is 1. The zero-order chi connectivity index (χ0) is 17.3. The molecule has 1 atom stereocenters. The molecule has 0 radical (unpaired) electrons. The highest BCUT2D eigenvalue weighted by Crippen LogP contribution is 2.17. The molecule has 0 amide bonds. The first kappa shape index (κ1) is 18.0. The van der Waals surface area contributed by atoms with Crippen LogP contribution in [0.4, 0.5) is 0 Å². The molecular formula is C19H30N4O2. The van der Waals surface area contributed by atoms with E-state index in [2.05, 4.69) is 22.0 Å². The van der Waals surface area contributed by atoms with E-state index in [1.54, 1.807) is 0 Å². The molecule has 0 aliphatic carbocycles. The molecule has 2 fully saturated rings. The van der Waals surface area contributed by atoms with E-state index in [0.29, 0.717) is 19.2 Å². The van der Waals surface area contributed by atoms with Gasteiger partial charge in [-0.25, -0.2) is 4.99 Å². The van der Waals surface area contributed by atoms with Crippen molar-refractivity contribution in [2.45, 2.75) is 19.4 Å². The maximum absolute atomic E-state index is 5.74. The summed E-state index contributed by atoms with van der Waals surface area (Å²) in [5.41, 5.74) is 0. The van der Waals surface area contributed by atoms with Crippen LogP contribution in [0.3, 0.4) is 0 Å². The summed E-state index contributed by atoms with van der Waals surface area (Å²) in [4.78, 5) is 9.70. The molecule has 2 aliphatic heterocycles. The van der Waals surface area contributed by atoms with Crippen LogP contribution in [-0.4, -0.2) is 80.9 Å². The quantitative estimate of drug-likeness (QED) is 0.480. The van der Waals surface area contributed by atoms with Crippen molar-refractivity contribution < 1.29 is 9.47 Å². The molecule has 2 aliphatic rings. The van der Waals surface area contributed by atoms with Crippen molar-refractivity contribution in [1.82, 2.24) is 15.1 Å². The number of hydrogen-bond acceptors (Lipinski definition) is 4. The second kappa shape index (κ2) is 9.63. The monoisotopic (exact) mass is 346 g/mol. The molecule has 25 heavy (non-hydrogen) atoms. The second-order valence-corrected chi connectivity index (χ2v) is 6.43. The average molecular weight is 346 g/mol. The summed E-state index contributed by atoms with van der Waals surface area (Å²) in [5, 5.41) is 3.42. The molecule has 0 aromatic heterocycles. The maximum Gasteiger partial charge on any atom is 0.194 e. The molecule has 0 spiro atoms. The molecule has 6 heteroatoms. The van der Waals surface area contributed by atoms with Crippen LogP contribution in [0.25, 0.3) is 0 Å². The minimum atomic E-state index is 0.597. The minimum Gasteiger partial charge on any atom is -0.492 e. The maximum atomic E-state index is 5.74. The SMILES string of the molecule is CCNC(=NCCOc1ccccc1)N1CCC(N2CCOCC2)C1. The Morgan fingerprint density at radius 3 is 2.80 bits per heavy atom. The number of nitrogens with zero attached hydrogens (tertiary/aromatic N) is 3. The predicted octanol–water partition coefficient (Wildman–Crippen LogP) is 1.44. The van der Waals surface area contributed by atoms with Crippen LogP contribution in [-0.2, 0) is 4.74 Å². The van der Waals surface area contributed by atoms with E-state index < -0.39 is 0 Å². The highest BCUT2D eigenvalue weighted by molar-refractivity contribution is 5.80. The summed E-state index contributed by atoms with van der Waals surface area (Å²) in [6.45, 7) is 10.2. The van der Waals surface area contributed by atoms with Crippen molar-refractivity contribution in [3.05, 3.63) is 30.3 Å². The van der Waals surface area contributed by atoms with E-state index in [9.17, 15) is 0 Å². The lowest BCUT2D eigenvalue weighted by Crippen LogP contribution is -2.46. The Morgan fingerprint density at radius 1 is 1.24 bits per heavy atom. The molecule has 1 aromatic rings. The fraction of sp³-hybridized carbons (Fsp3) is 0.632. The van der Waals surface area contributed by atoms with Crippen molar-refractivity contribution in [3.8, 4) is 5.75 Å². The summed E-state index contributed by atoms with van der Waals surface area (Å²) in [5.74, 6) is 1.91. The van der Waals surface area contributed by atoms with Gasteiger partial charge in [-0.05, 0) is 25.5 Å².